The Balaban J connectivity index is 2.95. The van der Waals surface area contributed by atoms with E-state index in [0.717, 1.165) is 0 Å². The molecule has 1 rings (SSSR count). The third-order valence-corrected chi connectivity index (χ3v) is 3.18. The Bertz CT molecular complexity index is 502. The van der Waals surface area contributed by atoms with Crippen LogP contribution in [0, 0.1) is 11.3 Å². The molecule has 0 aliphatic carbocycles. The van der Waals surface area contributed by atoms with E-state index in [0.29, 0.717) is 23.4 Å². The van der Waals surface area contributed by atoms with E-state index in [1.165, 1.54) is 14.2 Å². The summed E-state index contributed by atoms with van der Waals surface area (Å²) in [5.74, 6) is 0.233. The van der Waals surface area contributed by atoms with E-state index in [-0.39, 0.29) is 5.91 Å². The average molecular weight is 262 g/mol. The SMILES string of the molecule is CCC(C)(OC)C(=O)Nc1ccc(OC)c(C#N)c1. The fraction of sp³-hybridized carbons (Fsp3) is 0.429. The molecule has 0 spiro atoms. The molecular weight excluding hydrogens is 244 g/mol. The predicted octanol–water partition coefficient (Wildman–Crippen LogP) is 2.32. The summed E-state index contributed by atoms with van der Waals surface area (Å²) < 4.78 is 10.3. The first-order valence-electron chi connectivity index (χ1n) is 5.95. The fourth-order valence-electron chi connectivity index (χ4n) is 1.53. The number of nitrogens with one attached hydrogen (secondary N) is 1. The van der Waals surface area contributed by atoms with Gasteiger partial charge in [-0.25, -0.2) is 0 Å². The molecule has 0 saturated carbocycles. The maximum atomic E-state index is 12.1. The smallest absolute Gasteiger partial charge is 0.256 e. The van der Waals surface area contributed by atoms with Crippen LogP contribution in [0.3, 0.4) is 0 Å². The Kier molecular flexibility index (Phi) is 4.90. The monoisotopic (exact) mass is 262 g/mol. The highest BCUT2D eigenvalue weighted by molar-refractivity contribution is 5.97. The summed E-state index contributed by atoms with van der Waals surface area (Å²) in [7, 11) is 2.99. The summed E-state index contributed by atoms with van der Waals surface area (Å²) in [5, 5.41) is 11.7. The van der Waals surface area contributed by atoms with E-state index in [2.05, 4.69) is 5.32 Å². The van der Waals surface area contributed by atoms with Gasteiger partial charge < -0.3 is 14.8 Å². The molecule has 0 fully saturated rings. The number of benzene rings is 1. The molecule has 1 amide bonds. The van der Waals surface area contributed by atoms with Crippen molar-refractivity contribution in [3.63, 3.8) is 0 Å². The number of anilines is 1. The molecule has 0 saturated heterocycles. The molecule has 5 nitrogen and oxygen atoms in total. The number of carbonyl (C=O) groups is 1. The lowest BCUT2D eigenvalue weighted by Crippen LogP contribution is -2.41. The van der Waals surface area contributed by atoms with E-state index in [1.54, 1.807) is 25.1 Å². The molecule has 1 aromatic carbocycles. The average Bonchev–Trinajstić information content (AvgIpc) is 2.45. The lowest BCUT2D eigenvalue weighted by molar-refractivity contribution is -0.136. The quantitative estimate of drug-likeness (QED) is 0.884. The van der Waals surface area contributed by atoms with Crippen LogP contribution in [0.25, 0.3) is 0 Å². The van der Waals surface area contributed by atoms with Crippen molar-refractivity contribution in [2.24, 2.45) is 0 Å². The second-order valence-corrected chi connectivity index (χ2v) is 4.27. The Morgan fingerprint density at radius 2 is 2.16 bits per heavy atom. The van der Waals surface area contributed by atoms with Crippen molar-refractivity contribution in [3.8, 4) is 11.8 Å². The summed E-state index contributed by atoms with van der Waals surface area (Å²) >= 11 is 0. The molecule has 1 N–H and O–H groups in total. The number of amides is 1. The molecule has 0 aromatic heterocycles. The number of hydrogen-bond donors (Lipinski definition) is 1. The van der Waals surface area contributed by atoms with Gasteiger partial charge in [0.05, 0.1) is 12.7 Å². The van der Waals surface area contributed by atoms with Crippen molar-refractivity contribution in [2.45, 2.75) is 25.9 Å². The number of carbonyl (C=O) groups excluding carboxylic acids is 1. The zero-order valence-electron chi connectivity index (χ0n) is 11.6. The van der Waals surface area contributed by atoms with Gasteiger partial charge in [0.1, 0.15) is 17.4 Å². The summed E-state index contributed by atoms with van der Waals surface area (Å²) in [6.45, 7) is 3.59. The molecule has 19 heavy (non-hydrogen) atoms. The van der Waals surface area contributed by atoms with Gasteiger partial charge in [-0.1, -0.05) is 6.92 Å². The highest BCUT2D eigenvalue weighted by Crippen LogP contribution is 2.23. The van der Waals surface area contributed by atoms with Crippen molar-refractivity contribution < 1.29 is 14.3 Å². The highest BCUT2D eigenvalue weighted by Gasteiger charge is 2.31. The standard InChI is InChI=1S/C14H18N2O3/c1-5-14(2,19-4)13(17)16-11-6-7-12(18-3)10(8-11)9-15/h6-8H,5H2,1-4H3,(H,16,17). The van der Waals surface area contributed by atoms with Crippen LogP contribution in [0.15, 0.2) is 18.2 Å². The number of rotatable bonds is 5. The van der Waals surface area contributed by atoms with Gasteiger partial charge in [-0.3, -0.25) is 4.79 Å². The van der Waals surface area contributed by atoms with Gasteiger partial charge in [0.2, 0.25) is 0 Å². The first-order chi connectivity index (χ1) is 9.00. The van der Waals surface area contributed by atoms with Gasteiger partial charge in [-0.15, -0.1) is 0 Å². The molecular formula is C14H18N2O3. The number of hydrogen-bond acceptors (Lipinski definition) is 4. The predicted molar refractivity (Wildman–Crippen MR) is 72.0 cm³/mol. The highest BCUT2D eigenvalue weighted by atomic mass is 16.5. The lowest BCUT2D eigenvalue weighted by Gasteiger charge is -2.25. The fourth-order valence-corrected chi connectivity index (χ4v) is 1.53. The first kappa shape index (κ1) is 15.0. The maximum Gasteiger partial charge on any atom is 0.256 e. The molecule has 0 aliphatic rings. The normalized spacial score (nSPS) is 13.2. The summed E-state index contributed by atoms with van der Waals surface area (Å²) in [6.07, 6.45) is 0.552. The van der Waals surface area contributed by atoms with Crippen molar-refractivity contribution in [1.29, 1.82) is 5.26 Å². The van der Waals surface area contributed by atoms with Crippen LogP contribution in [0.5, 0.6) is 5.75 Å². The topological polar surface area (TPSA) is 71.3 Å². The largest absolute Gasteiger partial charge is 0.495 e. The van der Waals surface area contributed by atoms with Gasteiger partial charge in [-0.05, 0) is 31.5 Å². The van der Waals surface area contributed by atoms with Crippen LogP contribution in [0.4, 0.5) is 5.69 Å². The third-order valence-electron chi connectivity index (χ3n) is 3.18. The Hall–Kier alpha value is -2.06. The van der Waals surface area contributed by atoms with Crippen LogP contribution in [0.2, 0.25) is 0 Å². The van der Waals surface area contributed by atoms with Gasteiger partial charge >= 0.3 is 0 Å². The molecule has 1 aromatic rings. The Morgan fingerprint density at radius 1 is 1.47 bits per heavy atom. The molecule has 0 radical (unpaired) electrons. The zero-order valence-corrected chi connectivity index (χ0v) is 11.6. The van der Waals surface area contributed by atoms with Crippen LogP contribution in [-0.4, -0.2) is 25.7 Å². The Labute approximate surface area is 113 Å². The van der Waals surface area contributed by atoms with Crippen molar-refractivity contribution in [2.75, 3.05) is 19.5 Å². The van der Waals surface area contributed by atoms with Crippen LogP contribution in [-0.2, 0) is 9.53 Å². The minimum Gasteiger partial charge on any atom is -0.495 e. The van der Waals surface area contributed by atoms with Gasteiger partial charge in [0.25, 0.3) is 5.91 Å². The van der Waals surface area contributed by atoms with E-state index in [1.807, 2.05) is 13.0 Å². The molecule has 1 atom stereocenters. The van der Waals surface area contributed by atoms with E-state index in [4.69, 9.17) is 14.7 Å². The lowest BCUT2D eigenvalue weighted by atomic mass is 10.0. The van der Waals surface area contributed by atoms with Gasteiger partial charge in [0, 0.05) is 12.8 Å². The second kappa shape index (κ2) is 6.21. The Morgan fingerprint density at radius 3 is 2.63 bits per heavy atom. The zero-order chi connectivity index (χ0) is 14.5. The number of nitriles is 1. The summed E-state index contributed by atoms with van der Waals surface area (Å²) in [4.78, 5) is 12.1. The molecule has 1 unspecified atom stereocenters. The van der Waals surface area contributed by atoms with Gasteiger partial charge in [0.15, 0.2) is 0 Å². The molecule has 0 aliphatic heterocycles. The minimum absolute atomic E-state index is 0.244. The second-order valence-electron chi connectivity index (χ2n) is 4.27. The third kappa shape index (κ3) is 3.24. The van der Waals surface area contributed by atoms with Crippen molar-refractivity contribution in [3.05, 3.63) is 23.8 Å². The van der Waals surface area contributed by atoms with E-state index >= 15 is 0 Å². The number of ether oxygens (including phenoxy) is 2. The van der Waals surface area contributed by atoms with Crippen LogP contribution in [0.1, 0.15) is 25.8 Å². The van der Waals surface area contributed by atoms with Crippen LogP contribution < -0.4 is 10.1 Å². The van der Waals surface area contributed by atoms with Gasteiger partial charge in [-0.2, -0.15) is 5.26 Å². The summed E-state index contributed by atoms with van der Waals surface area (Å²) in [5.41, 5.74) is 0.0298. The van der Waals surface area contributed by atoms with Crippen molar-refractivity contribution in [1.82, 2.24) is 0 Å². The van der Waals surface area contributed by atoms with Crippen molar-refractivity contribution >= 4 is 11.6 Å². The number of nitrogens with zero attached hydrogens (tertiary/aromatic N) is 1. The first-order valence-corrected chi connectivity index (χ1v) is 5.95. The van der Waals surface area contributed by atoms with E-state index in [9.17, 15) is 4.79 Å². The molecule has 0 bridgehead atoms. The molecule has 102 valence electrons. The molecule has 0 heterocycles. The maximum absolute atomic E-state index is 12.1. The molecule has 5 heteroatoms. The summed E-state index contributed by atoms with van der Waals surface area (Å²) in [6, 6.07) is 6.92. The minimum atomic E-state index is -0.882. The van der Waals surface area contributed by atoms with Crippen LogP contribution >= 0.6 is 0 Å². The number of methoxy groups -OCH3 is 2. The van der Waals surface area contributed by atoms with E-state index < -0.39 is 5.60 Å².